The first-order chi connectivity index (χ1) is 7.72. The van der Waals surface area contributed by atoms with Crippen molar-refractivity contribution in [2.45, 2.75) is 6.54 Å². The average Bonchev–Trinajstić information content (AvgIpc) is 2.68. The van der Waals surface area contributed by atoms with Gasteiger partial charge in [-0.25, -0.2) is 4.98 Å². The highest BCUT2D eigenvalue weighted by atomic mass is 16.6. The van der Waals surface area contributed by atoms with Crippen molar-refractivity contribution in [2.24, 2.45) is 0 Å². The van der Waals surface area contributed by atoms with Crippen LogP contribution >= 0.6 is 0 Å². The summed E-state index contributed by atoms with van der Waals surface area (Å²) in [7, 11) is 1.63. The van der Waals surface area contributed by atoms with Crippen LogP contribution in [0.2, 0.25) is 0 Å². The van der Waals surface area contributed by atoms with Gasteiger partial charge in [0.15, 0.2) is 0 Å². The van der Waals surface area contributed by atoms with Gasteiger partial charge in [-0.3, -0.25) is 10.1 Å². The van der Waals surface area contributed by atoms with Crippen LogP contribution in [-0.2, 0) is 11.3 Å². The number of rotatable bonds is 4. The fourth-order valence-corrected chi connectivity index (χ4v) is 1.54. The second-order valence-corrected chi connectivity index (χ2v) is 3.37. The van der Waals surface area contributed by atoms with Crippen molar-refractivity contribution < 1.29 is 9.66 Å². The Morgan fingerprint density at radius 3 is 3.12 bits per heavy atom. The van der Waals surface area contributed by atoms with E-state index < -0.39 is 4.92 Å². The number of nitro groups is 1. The van der Waals surface area contributed by atoms with Crippen LogP contribution in [0.25, 0.3) is 11.0 Å². The van der Waals surface area contributed by atoms with Gasteiger partial charge in [0.05, 0.1) is 11.5 Å². The van der Waals surface area contributed by atoms with Crippen LogP contribution in [-0.4, -0.2) is 28.2 Å². The van der Waals surface area contributed by atoms with E-state index >= 15 is 0 Å². The first kappa shape index (κ1) is 10.6. The van der Waals surface area contributed by atoms with E-state index in [4.69, 9.17) is 4.74 Å². The van der Waals surface area contributed by atoms with Crippen LogP contribution < -0.4 is 0 Å². The molecule has 2 aromatic rings. The molecule has 0 saturated carbocycles. The predicted molar refractivity (Wildman–Crippen MR) is 58.3 cm³/mol. The van der Waals surface area contributed by atoms with Gasteiger partial charge >= 0.3 is 0 Å². The van der Waals surface area contributed by atoms with Gasteiger partial charge in [0, 0.05) is 31.3 Å². The molecule has 0 spiro atoms. The number of nitrogens with zero attached hydrogens (tertiary/aromatic N) is 3. The Morgan fingerprint density at radius 2 is 2.44 bits per heavy atom. The van der Waals surface area contributed by atoms with Crippen LogP contribution in [0, 0.1) is 10.1 Å². The highest BCUT2D eigenvalue weighted by molar-refractivity contribution is 5.78. The van der Waals surface area contributed by atoms with Crippen LogP contribution in [0.3, 0.4) is 0 Å². The molecule has 84 valence electrons. The molecule has 0 aliphatic carbocycles. The predicted octanol–water partition coefficient (Wildman–Crippen LogP) is 1.59. The normalized spacial score (nSPS) is 10.8. The van der Waals surface area contributed by atoms with Gasteiger partial charge in [0.25, 0.3) is 5.69 Å². The number of hydrogen-bond acceptors (Lipinski definition) is 4. The molecule has 6 nitrogen and oxygen atoms in total. The van der Waals surface area contributed by atoms with Gasteiger partial charge in [0.2, 0.25) is 0 Å². The van der Waals surface area contributed by atoms with Gasteiger partial charge < -0.3 is 9.30 Å². The lowest BCUT2D eigenvalue weighted by Gasteiger charge is -2.02. The SMILES string of the molecule is COCCn1ccc2cc([N+](=O)[O-])cnc21. The third-order valence-corrected chi connectivity index (χ3v) is 2.33. The second kappa shape index (κ2) is 4.28. The smallest absolute Gasteiger partial charge is 0.288 e. The third kappa shape index (κ3) is 1.87. The van der Waals surface area contributed by atoms with E-state index in [1.807, 2.05) is 16.8 Å². The number of ether oxygens (including phenoxy) is 1. The van der Waals surface area contributed by atoms with Crippen molar-refractivity contribution in [3.63, 3.8) is 0 Å². The Hall–Kier alpha value is -1.95. The van der Waals surface area contributed by atoms with Crippen molar-refractivity contribution >= 4 is 16.7 Å². The van der Waals surface area contributed by atoms with Crippen LogP contribution in [0.5, 0.6) is 0 Å². The van der Waals surface area contributed by atoms with Gasteiger partial charge in [-0.05, 0) is 6.07 Å². The number of pyridine rings is 1. The number of methoxy groups -OCH3 is 1. The van der Waals surface area contributed by atoms with E-state index in [1.54, 1.807) is 7.11 Å². The Labute approximate surface area is 91.6 Å². The minimum Gasteiger partial charge on any atom is -0.383 e. The molecule has 0 aliphatic heterocycles. The highest BCUT2D eigenvalue weighted by Crippen LogP contribution is 2.19. The number of hydrogen-bond donors (Lipinski definition) is 0. The summed E-state index contributed by atoms with van der Waals surface area (Å²) in [5.74, 6) is 0. The van der Waals surface area contributed by atoms with E-state index in [0.717, 1.165) is 11.0 Å². The maximum Gasteiger partial charge on any atom is 0.288 e. The van der Waals surface area contributed by atoms with E-state index in [2.05, 4.69) is 4.98 Å². The molecular weight excluding hydrogens is 210 g/mol. The Balaban J connectivity index is 2.38. The lowest BCUT2D eigenvalue weighted by Crippen LogP contribution is -2.03. The minimum absolute atomic E-state index is 0.0111. The molecule has 0 atom stereocenters. The van der Waals surface area contributed by atoms with Crippen molar-refractivity contribution in [3.8, 4) is 0 Å². The second-order valence-electron chi connectivity index (χ2n) is 3.37. The largest absolute Gasteiger partial charge is 0.383 e. The fourth-order valence-electron chi connectivity index (χ4n) is 1.54. The molecule has 16 heavy (non-hydrogen) atoms. The third-order valence-electron chi connectivity index (χ3n) is 2.33. The molecule has 0 fully saturated rings. The molecule has 0 radical (unpaired) electrons. The fraction of sp³-hybridized carbons (Fsp3) is 0.300. The summed E-state index contributed by atoms with van der Waals surface area (Å²) in [5.41, 5.74) is 0.750. The molecule has 6 heteroatoms. The first-order valence-electron chi connectivity index (χ1n) is 4.80. The van der Waals surface area contributed by atoms with Gasteiger partial charge in [-0.2, -0.15) is 0 Å². The quantitative estimate of drug-likeness (QED) is 0.580. The topological polar surface area (TPSA) is 70.2 Å². The highest BCUT2D eigenvalue weighted by Gasteiger charge is 2.09. The molecule has 0 bridgehead atoms. The maximum atomic E-state index is 10.6. The van der Waals surface area contributed by atoms with Gasteiger partial charge in [0.1, 0.15) is 11.8 Å². The van der Waals surface area contributed by atoms with E-state index in [1.165, 1.54) is 12.3 Å². The molecular formula is C10H11N3O3. The van der Waals surface area contributed by atoms with Crippen molar-refractivity contribution in [1.29, 1.82) is 0 Å². The summed E-state index contributed by atoms with van der Waals surface area (Å²) < 4.78 is 6.87. The van der Waals surface area contributed by atoms with E-state index in [0.29, 0.717) is 13.2 Å². The molecule has 0 aliphatic rings. The van der Waals surface area contributed by atoms with Crippen molar-refractivity contribution in [1.82, 2.24) is 9.55 Å². The Morgan fingerprint density at radius 1 is 1.62 bits per heavy atom. The standard InChI is InChI=1S/C10H11N3O3/c1-16-5-4-12-3-2-8-6-9(13(14)15)7-11-10(8)12/h2-3,6-7H,4-5H2,1H3. The van der Waals surface area contributed by atoms with Gasteiger partial charge in [-0.1, -0.05) is 0 Å². The zero-order valence-electron chi connectivity index (χ0n) is 8.79. The van der Waals surface area contributed by atoms with Crippen molar-refractivity contribution in [2.75, 3.05) is 13.7 Å². The molecule has 0 saturated heterocycles. The summed E-state index contributed by atoms with van der Waals surface area (Å²) in [6, 6.07) is 3.33. The number of fused-ring (bicyclic) bond motifs is 1. The van der Waals surface area contributed by atoms with Crippen LogP contribution in [0.4, 0.5) is 5.69 Å². The lowest BCUT2D eigenvalue weighted by atomic mass is 10.3. The number of aromatic nitrogens is 2. The maximum absolute atomic E-state index is 10.6. The van der Waals surface area contributed by atoms with Crippen LogP contribution in [0.15, 0.2) is 24.5 Å². The summed E-state index contributed by atoms with van der Waals surface area (Å²) in [6.07, 6.45) is 3.12. The summed E-state index contributed by atoms with van der Waals surface area (Å²) in [6.45, 7) is 1.27. The molecule has 2 rings (SSSR count). The van der Waals surface area contributed by atoms with Crippen LogP contribution in [0.1, 0.15) is 0 Å². The molecule has 0 N–H and O–H groups in total. The molecule has 0 unspecified atom stereocenters. The zero-order valence-corrected chi connectivity index (χ0v) is 8.79. The summed E-state index contributed by atoms with van der Waals surface area (Å²) in [5, 5.41) is 11.3. The minimum atomic E-state index is -0.446. The first-order valence-corrected chi connectivity index (χ1v) is 4.80. The van der Waals surface area contributed by atoms with Crippen molar-refractivity contribution in [3.05, 3.63) is 34.6 Å². The molecule has 2 aromatic heterocycles. The van der Waals surface area contributed by atoms with Gasteiger partial charge in [-0.15, -0.1) is 0 Å². The zero-order chi connectivity index (χ0) is 11.5. The molecule has 0 aromatic carbocycles. The van der Waals surface area contributed by atoms with E-state index in [9.17, 15) is 10.1 Å². The summed E-state index contributed by atoms with van der Waals surface area (Å²) >= 11 is 0. The molecule has 2 heterocycles. The Bertz CT molecular complexity index is 521. The summed E-state index contributed by atoms with van der Waals surface area (Å²) in [4.78, 5) is 14.2. The Kier molecular flexibility index (Phi) is 2.82. The lowest BCUT2D eigenvalue weighted by molar-refractivity contribution is -0.385. The molecule has 0 amide bonds. The monoisotopic (exact) mass is 221 g/mol. The average molecular weight is 221 g/mol. The van der Waals surface area contributed by atoms with E-state index in [-0.39, 0.29) is 5.69 Å².